The van der Waals surface area contributed by atoms with Crippen molar-refractivity contribution in [1.29, 1.82) is 0 Å². The van der Waals surface area contributed by atoms with Gasteiger partial charge in [0.05, 0.1) is 0 Å². The molecule has 5 nitrogen and oxygen atoms in total. The molecule has 0 radical (unpaired) electrons. The first-order valence-electron chi connectivity index (χ1n) is 7.31. The van der Waals surface area contributed by atoms with Gasteiger partial charge in [0.25, 0.3) is 0 Å². The standard InChI is InChI=1S/C17H21FN4O/c1-21(2)16-10-13(7-8-19-16)11-20-17(23)22(3)12-14-5-4-6-15(18)9-14/h4-10H,11-12H2,1-3H3,(H,20,23). The number of halogens is 1. The third-order valence-electron chi connectivity index (χ3n) is 3.37. The van der Waals surface area contributed by atoms with Crippen LogP contribution in [0.3, 0.4) is 0 Å². The molecule has 1 aromatic carbocycles. The van der Waals surface area contributed by atoms with Crippen LogP contribution in [0.5, 0.6) is 0 Å². The Hall–Kier alpha value is -2.63. The van der Waals surface area contributed by atoms with Gasteiger partial charge >= 0.3 is 6.03 Å². The minimum Gasteiger partial charge on any atom is -0.363 e. The predicted molar refractivity (Wildman–Crippen MR) is 88.7 cm³/mol. The van der Waals surface area contributed by atoms with Gasteiger partial charge in [-0.25, -0.2) is 14.2 Å². The van der Waals surface area contributed by atoms with Gasteiger partial charge in [0, 0.05) is 40.4 Å². The molecule has 0 spiro atoms. The van der Waals surface area contributed by atoms with Crippen molar-refractivity contribution in [3.63, 3.8) is 0 Å². The SMILES string of the molecule is CN(Cc1cccc(F)c1)C(=O)NCc1ccnc(N(C)C)c1. The zero-order valence-electron chi connectivity index (χ0n) is 13.6. The smallest absolute Gasteiger partial charge is 0.317 e. The van der Waals surface area contributed by atoms with Crippen LogP contribution in [0.1, 0.15) is 11.1 Å². The molecule has 0 aliphatic carbocycles. The van der Waals surface area contributed by atoms with E-state index in [1.165, 1.54) is 17.0 Å². The fourth-order valence-corrected chi connectivity index (χ4v) is 2.11. The summed E-state index contributed by atoms with van der Waals surface area (Å²) in [6.07, 6.45) is 1.72. The number of amides is 2. The van der Waals surface area contributed by atoms with E-state index in [1.54, 1.807) is 25.4 Å². The molecule has 0 aliphatic heterocycles. The monoisotopic (exact) mass is 316 g/mol. The lowest BCUT2D eigenvalue weighted by atomic mass is 10.2. The first-order chi connectivity index (χ1) is 11.0. The minimum absolute atomic E-state index is 0.211. The quantitative estimate of drug-likeness (QED) is 0.922. The number of nitrogens with one attached hydrogen (secondary N) is 1. The van der Waals surface area contributed by atoms with Crippen molar-refractivity contribution in [2.24, 2.45) is 0 Å². The van der Waals surface area contributed by atoms with Gasteiger partial charge in [-0.05, 0) is 35.4 Å². The molecule has 0 saturated carbocycles. The average molecular weight is 316 g/mol. The molecule has 6 heteroatoms. The number of anilines is 1. The molecular weight excluding hydrogens is 295 g/mol. The number of rotatable bonds is 5. The van der Waals surface area contributed by atoms with Gasteiger partial charge in [-0.3, -0.25) is 0 Å². The maximum Gasteiger partial charge on any atom is 0.317 e. The van der Waals surface area contributed by atoms with Crippen LogP contribution in [0.2, 0.25) is 0 Å². The normalized spacial score (nSPS) is 10.3. The van der Waals surface area contributed by atoms with Gasteiger partial charge in [0.15, 0.2) is 0 Å². The van der Waals surface area contributed by atoms with E-state index in [-0.39, 0.29) is 11.8 Å². The lowest BCUT2D eigenvalue weighted by molar-refractivity contribution is 0.206. The number of aromatic nitrogens is 1. The Morgan fingerprint density at radius 1 is 1.17 bits per heavy atom. The molecule has 0 aliphatic rings. The molecule has 2 rings (SSSR count). The van der Waals surface area contributed by atoms with Crippen LogP contribution in [-0.4, -0.2) is 37.1 Å². The molecule has 2 aromatic rings. The number of pyridine rings is 1. The second-order valence-corrected chi connectivity index (χ2v) is 5.56. The molecule has 1 heterocycles. The van der Waals surface area contributed by atoms with Gasteiger partial charge < -0.3 is 15.1 Å². The summed E-state index contributed by atoms with van der Waals surface area (Å²) in [5, 5.41) is 2.85. The lowest BCUT2D eigenvalue weighted by Gasteiger charge is -2.18. The Balaban J connectivity index is 1.90. The van der Waals surface area contributed by atoms with E-state index in [1.807, 2.05) is 31.1 Å². The fraction of sp³-hybridized carbons (Fsp3) is 0.294. The number of nitrogens with zero attached hydrogens (tertiary/aromatic N) is 3. The summed E-state index contributed by atoms with van der Waals surface area (Å²) >= 11 is 0. The van der Waals surface area contributed by atoms with Crippen LogP contribution in [0, 0.1) is 5.82 Å². The van der Waals surface area contributed by atoms with E-state index in [0.717, 1.165) is 16.9 Å². The first kappa shape index (κ1) is 16.7. The number of benzene rings is 1. The Kier molecular flexibility index (Phi) is 5.51. The molecule has 0 atom stereocenters. The predicted octanol–water partition coefficient (Wildman–Crippen LogP) is 2.63. The highest BCUT2D eigenvalue weighted by Crippen LogP contribution is 2.10. The molecule has 0 unspecified atom stereocenters. The Morgan fingerprint density at radius 2 is 1.96 bits per heavy atom. The summed E-state index contributed by atoms with van der Waals surface area (Å²) < 4.78 is 13.2. The maximum atomic E-state index is 13.2. The van der Waals surface area contributed by atoms with Crippen molar-refractivity contribution in [3.05, 3.63) is 59.5 Å². The van der Waals surface area contributed by atoms with Gasteiger partial charge in [0.2, 0.25) is 0 Å². The number of hydrogen-bond donors (Lipinski definition) is 1. The highest BCUT2D eigenvalue weighted by molar-refractivity contribution is 5.73. The average Bonchev–Trinajstić information content (AvgIpc) is 2.52. The van der Waals surface area contributed by atoms with E-state index >= 15 is 0 Å². The van der Waals surface area contributed by atoms with Crippen LogP contribution < -0.4 is 10.2 Å². The number of urea groups is 1. The van der Waals surface area contributed by atoms with Crippen LogP contribution in [0.15, 0.2) is 42.6 Å². The third kappa shape index (κ3) is 4.95. The Labute approximate surface area is 135 Å². The van der Waals surface area contributed by atoms with Crippen LogP contribution >= 0.6 is 0 Å². The topological polar surface area (TPSA) is 48.5 Å². The first-order valence-corrected chi connectivity index (χ1v) is 7.31. The zero-order valence-corrected chi connectivity index (χ0v) is 13.6. The van der Waals surface area contributed by atoms with Gasteiger partial charge in [0.1, 0.15) is 11.6 Å². The van der Waals surface area contributed by atoms with Crippen LogP contribution in [0.4, 0.5) is 15.0 Å². The highest BCUT2D eigenvalue weighted by Gasteiger charge is 2.09. The van der Waals surface area contributed by atoms with E-state index in [0.29, 0.717) is 13.1 Å². The van der Waals surface area contributed by atoms with E-state index in [4.69, 9.17) is 0 Å². The maximum absolute atomic E-state index is 13.2. The summed E-state index contributed by atoms with van der Waals surface area (Å²) in [6, 6.07) is 9.81. The van der Waals surface area contributed by atoms with E-state index in [2.05, 4.69) is 10.3 Å². The molecule has 0 fully saturated rings. The van der Waals surface area contributed by atoms with E-state index < -0.39 is 0 Å². The molecule has 1 N–H and O–H groups in total. The minimum atomic E-state index is -0.302. The number of hydrogen-bond acceptors (Lipinski definition) is 3. The fourth-order valence-electron chi connectivity index (χ4n) is 2.11. The van der Waals surface area contributed by atoms with Crippen molar-refractivity contribution in [2.75, 3.05) is 26.0 Å². The van der Waals surface area contributed by atoms with Gasteiger partial charge in [-0.2, -0.15) is 0 Å². The van der Waals surface area contributed by atoms with Gasteiger partial charge in [-0.15, -0.1) is 0 Å². The highest BCUT2D eigenvalue weighted by atomic mass is 19.1. The molecule has 1 aromatic heterocycles. The van der Waals surface area contributed by atoms with Crippen LogP contribution in [0.25, 0.3) is 0 Å². The zero-order chi connectivity index (χ0) is 16.8. The summed E-state index contributed by atoms with van der Waals surface area (Å²) in [5.74, 6) is 0.536. The van der Waals surface area contributed by atoms with Crippen molar-refractivity contribution in [3.8, 4) is 0 Å². The molecular formula is C17H21FN4O. The lowest BCUT2D eigenvalue weighted by Crippen LogP contribution is -2.36. The third-order valence-corrected chi connectivity index (χ3v) is 3.37. The molecule has 2 amide bonds. The largest absolute Gasteiger partial charge is 0.363 e. The number of carbonyl (C=O) groups excluding carboxylic acids is 1. The second kappa shape index (κ2) is 7.58. The molecule has 0 saturated heterocycles. The van der Waals surface area contributed by atoms with Crippen LogP contribution in [-0.2, 0) is 13.1 Å². The molecule has 122 valence electrons. The summed E-state index contributed by atoms with van der Waals surface area (Å²) in [4.78, 5) is 19.8. The molecule has 0 bridgehead atoms. The summed E-state index contributed by atoms with van der Waals surface area (Å²) in [5.41, 5.74) is 1.72. The summed E-state index contributed by atoms with van der Waals surface area (Å²) in [6.45, 7) is 0.762. The molecule has 23 heavy (non-hydrogen) atoms. The summed E-state index contributed by atoms with van der Waals surface area (Å²) in [7, 11) is 5.51. The Bertz CT molecular complexity index is 675. The Morgan fingerprint density at radius 3 is 2.65 bits per heavy atom. The van der Waals surface area contributed by atoms with Crippen molar-refractivity contribution in [2.45, 2.75) is 13.1 Å². The van der Waals surface area contributed by atoms with Crippen molar-refractivity contribution >= 4 is 11.8 Å². The van der Waals surface area contributed by atoms with E-state index in [9.17, 15) is 9.18 Å². The van der Waals surface area contributed by atoms with Gasteiger partial charge in [-0.1, -0.05) is 12.1 Å². The second-order valence-electron chi connectivity index (χ2n) is 5.56. The van der Waals surface area contributed by atoms with Crippen molar-refractivity contribution < 1.29 is 9.18 Å². The van der Waals surface area contributed by atoms with Crippen molar-refractivity contribution in [1.82, 2.24) is 15.2 Å². The number of carbonyl (C=O) groups is 1.